The first-order valence-corrected chi connectivity index (χ1v) is 11.5. The quantitative estimate of drug-likeness (QED) is 0.183. The topological polar surface area (TPSA) is 9.23 Å². The maximum Gasteiger partial charge on any atom is 0.429 e. The molecular formula is C28H23F7O. The van der Waals surface area contributed by atoms with Gasteiger partial charge >= 0.3 is 6.11 Å². The van der Waals surface area contributed by atoms with Crippen molar-refractivity contribution < 1.29 is 35.5 Å². The zero-order valence-electron chi connectivity index (χ0n) is 19.3. The Labute approximate surface area is 204 Å². The van der Waals surface area contributed by atoms with Gasteiger partial charge in [0.15, 0.2) is 29.1 Å². The van der Waals surface area contributed by atoms with Crippen molar-refractivity contribution in [3.8, 4) is 16.9 Å². The van der Waals surface area contributed by atoms with Crippen LogP contribution in [0.1, 0.15) is 49.7 Å². The van der Waals surface area contributed by atoms with Gasteiger partial charge in [-0.2, -0.15) is 8.78 Å². The second kappa shape index (κ2) is 10.4. The molecule has 0 aliphatic heterocycles. The molecule has 3 aromatic carbocycles. The summed E-state index contributed by atoms with van der Waals surface area (Å²) in [7, 11) is 0. The van der Waals surface area contributed by atoms with E-state index >= 15 is 0 Å². The van der Waals surface area contributed by atoms with Crippen molar-refractivity contribution in [1.29, 1.82) is 0 Å². The third-order valence-electron chi connectivity index (χ3n) is 6.53. The summed E-state index contributed by atoms with van der Waals surface area (Å²) in [5, 5.41) is 0. The van der Waals surface area contributed by atoms with Crippen molar-refractivity contribution in [2.75, 3.05) is 0 Å². The van der Waals surface area contributed by atoms with E-state index in [1.165, 1.54) is 0 Å². The molecule has 0 amide bonds. The lowest BCUT2D eigenvalue weighted by Gasteiger charge is -2.27. The molecule has 36 heavy (non-hydrogen) atoms. The highest BCUT2D eigenvalue weighted by atomic mass is 19.3. The van der Waals surface area contributed by atoms with Crippen LogP contribution in [0.15, 0.2) is 60.7 Å². The lowest BCUT2D eigenvalue weighted by molar-refractivity contribution is -0.187. The molecule has 0 heterocycles. The molecule has 8 heteroatoms. The van der Waals surface area contributed by atoms with E-state index in [4.69, 9.17) is 0 Å². The lowest BCUT2D eigenvalue weighted by Crippen LogP contribution is -2.24. The summed E-state index contributed by atoms with van der Waals surface area (Å²) in [6.07, 6.45) is 3.97. The fraction of sp³-hybridized carbons (Fsp3) is 0.286. The molecule has 1 saturated carbocycles. The first-order valence-electron chi connectivity index (χ1n) is 11.5. The van der Waals surface area contributed by atoms with E-state index < -0.39 is 46.5 Å². The van der Waals surface area contributed by atoms with E-state index in [-0.39, 0.29) is 17.7 Å². The van der Waals surface area contributed by atoms with Crippen molar-refractivity contribution >= 4 is 0 Å². The van der Waals surface area contributed by atoms with E-state index in [2.05, 4.69) is 16.9 Å². The standard InChI is InChI=1S/C28H23F7O/c1-2-3-16-4-6-17(7-5-16)18-8-10-19(11-9-18)21-12-13-22(26(32)25(21)31)28(34,35)36-20-14-23(29)27(33)24(30)15-20/h2-3,8-17H,4-7H2,1H3/b3-2+. The second-order valence-corrected chi connectivity index (χ2v) is 8.87. The second-order valence-electron chi connectivity index (χ2n) is 8.87. The number of allylic oxidation sites excluding steroid dienone is 2. The van der Waals surface area contributed by atoms with Gasteiger partial charge < -0.3 is 4.74 Å². The molecule has 190 valence electrons. The van der Waals surface area contributed by atoms with Gasteiger partial charge in [-0.3, -0.25) is 0 Å². The number of rotatable bonds is 6. The Bertz CT molecular complexity index is 1240. The summed E-state index contributed by atoms with van der Waals surface area (Å²) >= 11 is 0. The molecule has 4 rings (SSSR count). The van der Waals surface area contributed by atoms with Crippen LogP contribution in [-0.4, -0.2) is 0 Å². The maximum absolute atomic E-state index is 14.8. The maximum atomic E-state index is 14.8. The number of halogens is 7. The fourth-order valence-corrected chi connectivity index (χ4v) is 4.64. The third kappa shape index (κ3) is 5.27. The van der Waals surface area contributed by atoms with Gasteiger partial charge in [-0.15, -0.1) is 0 Å². The fourth-order valence-electron chi connectivity index (χ4n) is 4.64. The van der Waals surface area contributed by atoms with E-state index in [0.717, 1.165) is 37.3 Å². The molecule has 0 aromatic heterocycles. The summed E-state index contributed by atoms with van der Waals surface area (Å²) in [6.45, 7) is 2.00. The van der Waals surface area contributed by atoms with Crippen LogP contribution >= 0.6 is 0 Å². The number of ether oxygens (including phenoxy) is 1. The SMILES string of the molecule is C/C=C/C1CCC(c2ccc(-c3ccc(C(F)(F)Oc4cc(F)c(F)c(F)c4)c(F)c3F)cc2)CC1. The number of benzene rings is 3. The summed E-state index contributed by atoms with van der Waals surface area (Å²) in [5.74, 6) is -8.95. The van der Waals surface area contributed by atoms with E-state index in [0.29, 0.717) is 23.5 Å². The Kier molecular flexibility index (Phi) is 7.43. The average Bonchev–Trinajstić information content (AvgIpc) is 2.84. The average molecular weight is 508 g/mol. The van der Waals surface area contributed by atoms with Gasteiger partial charge in [-0.05, 0) is 61.6 Å². The first-order chi connectivity index (χ1) is 17.1. The molecule has 1 aliphatic carbocycles. The van der Waals surface area contributed by atoms with Crippen LogP contribution in [-0.2, 0) is 6.11 Å². The zero-order chi connectivity index (χ0) is 26.0. The van der Waals surface area contributed by atoms with Crippen molar-refractivity contribution in [3.05, 3.63) is 101 Å². The molecule has 0 unspecified atom stereocenters. The van der Waals surface area contributed by atoms with E-state index in [1.54, 1.807) is 12.1 Å². The molecule has 1 nitrogen and oxygen atoms in total. The van der Waals surface area contributed by atoms with Crippen LogP contribution in [0.25, 0.3) is 11.1 Å². The summed E-state index contributed by atoms with van der Waals surface area (Å²) in [6, 6.07) is 8.88. The van der Waals surface area contributed by atoms with Crippen molar-refractivity contribution in [1.82, 2.24) is 0 Å². The Balaban J connectivity index is 1.54. The number of alkyl halides is 2. The molecule has 0 saturated heterocycles. The lowest BCUT2D eigenvalue weighted by atomic mass is 9.78. The van der Waals surface area contributed by atoms with Gasteiger partial charge in [0.1, 0.15) is 11.3 Å². The third-order valence-corrected chi connectivity index (χ3v) is 6.53. The van der Waals surface area contributed by atoms with E-state index in [1.807, 2.05) is 19.1 Å². The predicted molar refractivity (Wildman–Crippen MR) is 122 cm³/mol. The number of hydrogen-bond donors (Lipinski definition) is 0. The Morgan fingerprint density at radius 1 is 0.778 bits per heavy atom. The van der Waals surface area contributed by atoms with Gasteiger partial charge in [-0.25, -0.2) is 22.0 Å². The van der Waals surface area contributed by atoms with Crippen LogP contribution in [0, 0.1) is 35.0 Å². The monoisotopic (exact) mass is 508 g/mol. The highest BCUT2D eigenvalue weighted by Crippen LogP contribution is 2.39. The minimum atomic E-state index is -4.49. The first kappa shape index (κ1) is 25.8. The van der Waals surface area contributed by atoms with Crippen LogP contribution in [0.5, 0.6) is 5.75 Å². The van der Waals surface area contributed by atoms with Crippen molar-refractivity contribution in [2.24, 2.45) is 5.92 Å². The van der Waals surface area contributed by atoms with Gasteiger partial charge in [0, 0.05) is 17.7 Å². The highest BCUT2D eigenvalue weighted by Gasteiger charge is 2.40. The Morgan fingerprint density at radius 2 is 1.39 bits per heavy atom. The molecule has 0 bridgehead atoms. The Morgan fingerprint density at radius 3 is 1.97 bits per heavy atom. The summed E-state index contributed by atoms with van der Waals surface area (Å²) in [4.78, 5) is 0. The van der Waals surface area contributed by atoms with Crippen molar-refractivity contribution in [3.63, 3.8) is 0 Å². The summed E-state index contributed by atoms with van der Waals surface area (Å²) in [5.41, 5.74) is -0.317. The Hall–Kier alpha value is -3.29. The molecule has 0 atom stereocenters. The minimum absolute atomic E-state index is 0.184. The van der Waals surface area contributed by atoms with Gasteiger partial charge in [0.05, 0.1) is 0 Å². The van der Waals surface area contributed by atoms with E-state index in [9.17, 15) is 30.7 Å². The molecule has 3 aromatic rings. The number of hydrogen-bond acceptors (Lipinski definition) is 1. The van der Waals surface area contributed by atoms with Crippen LogP contribution in [0.4, 0.5) is 30.7 Å². The van der Waals surface area contributed by atoms with Gasteiger partial charge in [0.2, 0.25) is 0 Å². The molecule has 0 spiro atoms. The van der Waals surface area contributed by atoms with Crippen LogP contribution in [0.3, 0.4) is 0 Å². The van der Waals surface area contributed by atoms with Gasteiger partial charge in [-0.1, -0.05) is 42.5 Å². The van der Waals surface area contributed by atoms with Gasteiger partial charge in [0.25, 0.3) is 0 Å². The molecule has 0 N–H and O–H groups in total. The normalized spacial score (nSPS) is 18.6. The highest BCUT2D eigenvalue weighted by molar-refractivity contribution is 5.65. The largest absolute Gasteiger partial charge is 0.429 e. The molecular weight excluding hydrogens is 485 g/mol. The zero-order valence-corrected chi connectivity index (χ0v) is 19.3. The minimum Gasteiger partial charge on any atom is -0.429 e. The molecule has 1 fully saturated rings. The van der Waals surface area contributed by atoms with Crippen molar-refractivity contribution in [2.45, 2.75) is 44.6 Å². The van der Waals surface area contributed by atoms with Crippen LogP contribution < -0.4 is 4.74 Å². The summed E-state index contributed by atoms with van der Waals surface area (Å²) < 4.78 is 103. The smallest absolute Gasteiger partial charge is 0.429 e. The predicted octanol–water partition coefficient (Wildman–Crippen LogP) is 9.03. The van der Waals surface area contributed by atoms with Crippen LogP contribution in [0.2, 0.25) is 0 Å². The molecule has 0 radical (unpaired) electrons. The molecule has 1 aliphatic rings.